The lowest BCUT2D eigenvalue weighted by Crippen LogP contribution is -2.64. The van der Waals surface area contributed by atoms with Crippen molar-refractivity contribution in [2.45, 2.75) is 236 Å². The van der Waals surface area contributed by atoms with Gasteiger partial charge in [-0.3, -0.25) is 52.7 Å². The second kappa shape index (κ2) is 32.3. The van der Waals surface area contributed by atoms with Gasteiger partial charge in [-0.25, -0.2) is 0 Å². The van der Waals surface area contributed by atoms with Gasteiger partial charge in [-0.1, -0.05) is 110 Å². The van der Waals surface area contributed by atoms with Gasteiger partial charge in [-0.05, 0) is 119 Å². The summed E-state index contributed by atoms with van der Waals surface area (Å²) in [5, 5.41) is 11.2. The number of carbonyl (C=O) groups is 11. The number of hydrogen-bond acceptors (Lipinski definition) is 11. The molecule has 93 heavy (non-hydrogen) atoms. The molecule has 0 bridgehead atoms. The number of aryl methyl sites for hydroxylation is 1. The lowest BCUT2D eigenvalue weighted by molar-refractivity contribution is -0.158. The third kappa shape index (κ3) is 18.1. The van der Waals surface area contributed by atoms with E-state index in [0.29, 0.717) is 44.1 Å². The summed E-state index contributed by atoms with van der Waals surface area (Å²) in [7, 11) is 7.37. The van der Waals surface area contributed by atoms with Gasteiger partial charge in [0.1, 0.15) is 47.8 Å². The van der Waals surface area contributed by atoms with Crippen LogP contribution in [0.4, 0.5) is 13.2 Å². The molecule has 3 saturated carbocycles. The maximum absolute atomic E-state index is 15.3. The van der Waals surface area contributed by atoms with Gasteiger partial charge in [0, 0.05) is 60.8 Å². The number of rotatable bonds is 10. The first kappa shape index (κ1) is 73.9. The Morgan fingerprint density at radius 3 is 1.88 bits per heavy atom. The van der Waals surface area contributed by atoms with E-state index in [4.69, 9.17) is 11.6 Å². The van der Waals surface area contributed by atoms with Crippen molar-refractivity contribution in [1.82, 2.24) is 55.6 Å². The Kier molecular flexibility index (Phi) is 25.6. The molecular weight excluding hydrogens is 1230 g/mol. The molecule has 0 radical (unpaired) electrons. The number of fused-ring (bicyclic) bond motifs is 2. The molecule has 26 heteroatoms. The van der Waals surface area contributed by atoms with E-state index < -0.39 is 155 Å². The van der Waals surface area contributed by atoms with Crippen LogP contribution in [-0.4, -0.2) is 215 Å². The van der Waals surface area contributed by atoms with Crippen LogP contribution in [0.3, 0.4) is 0 Å². The smallest absolute Gasteiger partial charge is 0.351 e. The van der Waals surface area contributed by atoms with Gasteiger partial charge >= 0.3 is 6.18 Å². The standard InChI is InChI=1S/C67H101ClF3N11O11/c1-11-41(4)56-64(92)77(7)39-55(85)81-33-29-50(81)63(91)79(9)52(37-43-20-13-12-14-21-43)62(90)76(6)38-53(83)73-48(28-26-44-25-27-46(47(68)36-44)67(69,70)71)61(89)82-32-19-24-49(82)59(87)75-66(30-17-18-31-66)65(93)80(10)57(45-22-15-16-23-45)60(88)72-42(5)35-54(84)78(8)51(34-40(2)3)58(86)74-56/h25,27,36,40-43,45,48-52,56-57H,11-24,26,28-35,37-39H2,1-10H3,(H,72,88)(H,73,83)(H,74,86)(H,75,87)/t41-,42+,48-,49-,50-,51-,52-,56-,57-/m0/s1. The molecule has 0 unspecified atom stereocenters. The van der Waals surface area contributed by atoms with Crippen LogP contribution in [0.25, 0.3) is 0 Å². The van der Waals surface area contributed by atoms with Crippen molar-refractivity contribution in [3.8, 4) is 0 Å². The average molecular weight is 1330 g/mol. The van der Waals surface area contributed by atoms with Gasteiger partial charge in [0.25, 0.3) is 0 Å². The van der Waals surface area contributed by atoms with Crippen molar-refractivity contribution in [2.24, 2.45) is 23.7 Å². The Hall–Kier alpha value is -6.53. The molecule has 3 aliphatic heterocycles. The summed E-state index contributed by atoms with van der Waals surface area (Å²) in [5.74, 6) is -7.09. The minimum Gasteiger partial charge on any atom is -0.351 e. The molecule has 22 nitrogen and oxygen atoms in total. The molecule has 3 saturated heterocycles. The van der Waals surface area contributed by atoms with Gasteiger partial charge in [-0.15, -0.1) is 0 Å². The number of nitrogens with one attached hydrogen (secondary N) is 4. The molecule has 1 aromatic rings. The average Bonchev–Trinajstić information content (AvgIpc) is 1.78. The molecule has 3 aliphatic carbocycles. The maximum Gasteiger partial charge on any atom is 0.417 e. The summed E-state index contributed by atoms with van der Waals surface area (Å²) in [6, 6.07) is -5.36. The predicted molar refractivity (Wildman–Crippen MR) is 342 cm³/mol. The van der Waals surface area contributed by atoms with Gasteiger partial charge in [0.15, 0.2) is 0 Å². The number of nitrogens with zero attached hydrogens (tertiary/aromatic N) is 7. The fourth-order valence-electron chi connectivity index (χ4n) is 14.8. The highest BCUT2D eigenvalue weighted by Gasteiger charge is 2.51. The summed E-state index contributed by atoms with van der Waals surface area (Å²) >= 11 is 6.14. The summed E-state index contributed by atoms with van der Waals surface area (Å²) in [4.78, 5) is 171. The molecule has 11 amide bonds. The monoisotopic (exact) mass is 1330 g/mol. The van der Waals surface area contributed by atoms with E-state index in [1.165, 1.54) is 63.7 Å². The predicted octanol–water partition coefficient (Wildman–Crippen LogP) is 5.84. The highest BCUT2D eigenvalue weighted by Crippen LogP contribution is 2.38. The molecule has 1 aromatic carbocycles. The molecular formula is C67H101ClF3N11O11. The lowest BCUT2D eigenvalue weighted by Gasteiger charge is -2.44. The SMILES string of the molecule is CC[C@H](C)[C@@H]1NC(=O)[C@H](CC(C)C)N(C)C(=O)C[C@@H](C)NC(=O)[C@H](C2CCCC2)N(C)C(=O)C2(CCCC2)NC(=O)[C@@H]2CCCN2C(=O)[C@H](CCc2ccc(C(F)(F)F)c(Cl)c2)NC(=O)CN(C)C(=O)[C@H](CC2CCCCC2)N(C)C(=O)[C@@H]2CCN2C(=O)CN(C)C1=O. The van der Waals surface area contributed by atoms with Crippen molar-refractivity contribution < 1.29 is 65.9 Å². The molecule has 518 valence electrons. The van der Waals surface area contributed by atoms with E-state index in [9.17, 15) is 56.3 Å². The quantitative estimate of drug-likeness (QED) is 0.216. The molecule has 4 N–H and O–H groups in total. The number of alkyl halides is 3. The van der Waals surface area contributed by atoms with E-state index in [0.717, 1.165) is 62.0 Å². The largest absolute Gasteiger partial charge is 0.417 e. The topological polar surface area (TPSA) is 259 Å². The molecule has 7 rings (SSSR count). The second-order valence-electron chi connectivity index (χ2n) is 28.0. The Labute approximate surface area is 551 Å². The number of carbonyl (C=O) groups excluding carboxylic acids is 11. The van der Waals surface area contributed by atoms with Crippen LogP contribution in [0.1, 0.15) is 181 Å². The summed E-state index contributed by atoms with van der Waals surface area (Å²) < 4.78 is 41.4. The van der Waals surface area contributed by atoms with Crippen molar-refractivity contribution in [3.63, 3.8) is 0 Å². The minimum absolute atomic E-state index is 0.0446. The number of benzene rings is 1. The zero-order chi connectivity index (χ0) is 68.4. The second-order valence-corrected chi connectivity index (χ2v) is 28.4. The lowest BCUT2D eigenvalue weighted by atomic mass is 9.84. The summed E-state index contributed by atoms with van der Waals surface area (Å²) in [5.41, 5.74) is -2.21. The van der Waals surface area contributed by atoms with Gasteiger partial charge < -0.3 is 55.6 Å². The van der Waals surface area contributed by atoms with Crippen molar-refractivity contribution in [3.05, 3.63) is 34.3 Å². The Morgan fingerprint density at radius 1 is 0.634 bits per heavy atom. The van der Waals surface area contributed by atoms with E-state index >= 15 is 9.59 Å². The first-order valence-electron chi connectivity index (χ1n) is 33.8. The van der Waals surface area contributed by atoms with E-state index in [2.05, 4.69) is 21.3 Å². The number of amides is 11. The van der Waals surface area contributed by atoms with E-state index in [-0.39, 0.29) is 88.6 Å². The fourth-order valence-corrected chi connectivity index (χ4v) is 15.1. The highest BCUT2D eigenvalue weighted by molar-refractivity contribution is 6.31. The van der Waals surface area contributed by atoms with Gasteiger partial charge in [0.2, 0.25) is 65.0 Å². The van der Waals surface area contributed by atoms with Crippen LogP contribution in [-0.2, 0) is 65.3 Å². The van der Waals surface area contributed by atoms with Crippen molar-refractivity contribution >= 4 is 76.6 Å². The van der Waals surface area contributed by atoms with E-state index in [1.54, 1.807) is 20.9 Å². The van der Waals surface area contributed by atoms with Gasteiger partial charge in [-0.2, -0.15) is 13.2 Å². The molecule has 6 fully saturated rings. The normalized spacial score (nSPS) is 28.1. The van der Waals surface area contributed by atoms with Crippen LogP contribution >= 0.6 is 11.6 Å². The van der Waals surface area contributed by atoms with Crippen LogP contribution in [0.15, 0.2) is 18.2 Å². The summed E-state index contributed by atoms with van der Waals surface area (Å²) in [6.07, 6.45) is 5.47. The Balaban J connectivity index is 1.23. The van der Waals surface area contributed by atoms with Crippen LogP contribution < -0.4 is 21.3 Å². The molecule has 9 atom stereocenters. The maximum atomic E-state index is 15.3. The molecule has 1 spiro atoms. The third-order valence-corrected chi connectivity index (χ3v) is 20.9. The van der Waals surface area contributed by atoms with Gasteiger partial charge in [0.05, 0.1) is 23.7 Å². The van der Waals surface area contributed by atoms with Crippen molar-refractivity contribution in [2.75, 3.05) is 61.4 Å². The highest BCUT2D eigenvalue weighted by atomic mass is 35.5. The third-order valence-electron chi connectivity index (χ3n) is 20.6. The Bertz CT molecular complexity index is 2900. The van der Waals surface area contributed by atoms with Crippen LogP contribution in [0, 0.1) is 23.7 Å². The molecule has 3 heterocycles. The molecule has 6 aliphatic rings. The number of halogens is 4. The zero-order valence-corrected chi connectivity index (χ0v) is 56.9. The molecule has 0 aromatic heterocycles. The minimum atomic E-state index is -4.74. The zero-order valence-electron chi connectivity index (χ0n) is 56.2. The van der Waals surface area contributed by atoms with Crippen LogP contribution in [0.2, 0.25) is 5.02 Å². The van der Waals surface area contributed by atoms with Crippen molar-refractivity contribution in [1.29, 1.82) is 0 Å². The summed E-state index contributed by atoms with van der Waals surface area (Å²) in [6.45, 7) is 8.32. The number of likely N-dealkylation sites (N-methyl/N-ethyl adjacent to an activating group) is 5. The van der Waals surface area contributed by atoms with Crippen LogP contribution in [0.5, 0.6) is 0 Å². The fraction of sp³-hybridized carbons (Fsp3) is 0.746. The number of hydrogen-bond donors (Lipinski definition) is 4. The van der Waals surface area contributed by atoms with E-state index in [1.807, 2.05) is 20.8 Å². The first-order valence-corrected chi connectivity index (χ1v) is 34.2. The Morgan fingerprint density at radius 2 is 1.28 bits per heavy atom. The first-order chi connectivity index (χ1) is 43.9.